The Labute approximate surface area is 169 Å². The molecule has 0 bridgehead atoms. The van der Waals surface area contributed by atoms with E-state index in [-0.39, 0.29) is 12.5 Å². The van der Waals surface area contributed by atoms with Gasteiger partial charge in [0.2, 0.25) is 5.91 Å². The van der Waals surface area contributed by atoms with Crippen LogP contribution in [0.5, 0.6) is 5.75 Å². The third-order valence-corrected chi connectivity index (χ3v) is 5.89. The molecule has 9 nitrogen and oxygen atoms in total. The Kier molecular flexibility index (Phi) is 4.85. The fourth-order valence-electron chi connectivity index (χ4n) is 3.33. The maximum atomic E-state index is 12.9. The number of aromatic nitrogens is 2. The first kappa shape index (κ1) is 18.8. The van der Waals surface area contributed by atoms with Gasteiger partial charge in [0.15, 0.2) is 0 Å². The van der Waals surface area contributed by atoms with Crippen molar-refractivity contribution in [3.63, 3.8) is 0 Å². The van der Waals surface area contributed by atoms with Gasteiger partial charge in [-0.1, -0.05) is 6.07 Å². The van der Waals surface area contributed by atoms with Crippen molar-refractivity contribution in [3.8, 4) is 5.75 Å². The molecule has 148 valence electrons. The molecule has 3 heterocycles. The summed E-state index contributed by atoms with van der Waals surface area (Å²) in [4.78, 5) is 48.0. The van der Waals surface area contributed by atoms with E-state index in [4.69, 9.17) is 10.5 Å². The highest BCUT2D eigenvalue weighted by Crippen LogP contribution is 2.33. The van der Waals surface area contributed by atoms with Gasteiger partial charge in [-0.2, -0.15) is 0 Å². The second kappa shape index (κ2) is 7.47. The number of nitrogens with one attached hydrogen (secondary N) is 1. The average molecular weight is 411 g/mol. The van der Waals surface area contributed by atoms with E-state index in [2.05, 4.69) is 15.3 Å². The number of nitrogens with two attached hydrogens (primary N) is 1. The zero-order valence-electron chi connectivity index (χ0n) is 15.4. The van der Waals surface area contributed by atoms with Gasteiger partial charge in [0.1, 0.15) is 16.9 Å². The van der Waals surface area contributed by atoms with E-state index in [1.165, 1.54) is 24.8 Å². The predicted octanol–water partition coefficient (Wildman–Crippen LogP) is 1.63. The number of methoxy groups -OCH3 is 1. The van der Waals surface area contributed by atoms with Gasteiger partial charge in [-0.25, -0.2) is 14.8 Å². The van der Waals surface area contributed by atoms with Crippen molar-refractivity contribution in [2.45, 2.75) is 12.5 Å². The quantitative estimate of drug-likeness (QED) is 0.657. The number of imide groups is 1. The standard InChI is InChI=1S/C19H17N5O4S/c1-28-12-3-2-10-7-24(18(26)13(10)5-12)8-14(16(25)23-19(20)27)15-4-11-6-21-9-22-17(11)29-15/h2-6,9,14H,7-8H2,1H3,(H3,20,23,25,27)/t14-/m1/s1. The topological polar surface area (TPSA) is 128 Å². The lowest BCUT2D eigenvalue weighted by molar-refractivity contribution is -0.121. The molecule has 3 aromatic rings. The monoisotopic (exact) mass is 411 g/mol. The van der Waals surface area contributed by atoms with Gasteiger partial charge in [-0.05, 0) is 23.8 Å². The summed E-state index contributed by atoms with van der Waals surface area (Å²) in [6.07, 6.45) is 3.07. The SMILES string of the molecule is COc1ccc2c(c1)C(=O)N(C[C@@H](C(=O)NC(N)=O)c1cc3cncnc3s1)C2. The molecule has 0 fully saturated rings. The summed E-state index contributed by atoms with van der Waals surface area (Å²) >= 11 is 1.31. The summed E-state index contributed by atoms with van der Waals surface area (Å²) in [6, 6.07) is 6.16. The molecule has 0 saturated carbocycles. The average Bonchev–Trinajstić information content (AvgIpc) is 3.26. The second-order valence-corrected chi connectivity index (χ2v) is 7.61. The first-order valence-electron chi connectivity index (χ1n) is 8.72. The van der Waals surface area contributed by atoms with E-state index in [1.807, 2.05) is 6.07 Å². The fourth-order valence-corrected chi connectivity index (χ4v) is 4.39. The molecule has 1 atom stereocenters. The van der Waals surface area contributed by atoms with Crippen LogP contribution in [0.4, 0.5) is 4.79 Å². The second-order valence-electron chi connectivity index (χ2n) is 6.55. The smallest absolute Gasteiger partial charge is 0.318 e. The summed E-state index contributed by atoms with van der Waals surface area (Å²) in [7, 11) is 1.54. The first-order valence-corrected chi connectivity index (χ1v) is 9.54. The highest BCUT2D eigenvalue weighted by Gasteiger charge is 2.33. The molecule has 0 spiro atoms. The van der Waals surface area contributed by atoms with Crippen LogP contribution in [-0.2, 0) is 11.3 Å². The number of ether oxygens (including phenoxy) is 1. The van der Waals surface area contributed by atoms with Crippen molar-refractivity contribution >= 4 is 39.4 Å². The maximum absolute atomic E-state index is 12.9. The minimum absolute atomic E-state index is 0.0925. The molecule has 4 amide bonds. The van der Waals surface area contributed by atoms with Crippen LogP contribution in [0, 0.1) is 0 Å². The molecule has 0 unspecified atom stereocenters. The summed E-state index contributed by atoms with van der Waals surface area (Å²) in [6.45, 7) is 0.457. The van der Waals surface area contributed by atoms with Crippen LogP contribution < -0.4 is 15.8 Å². The third-order valence-electron chi connectivity index (χ3n) is 4.72. The van der Waals surface area contributed by atoms with Crippen LogP contribution >= 0.6 is 11.3 Å². The highest BCUT2D eigenvalue weighted by molar-refractivity contribution is 7.18. The molecule has 2 aromatic heterocycles. The van der Waals surface area contributed by atoms with E-state index >= 15 is 0 Å². The van der Waals surface area contributed by atoms with Crippen molar-refractivity contribution < 1.29 is 19.1 Å². The van der Waals surface area contributed by atoms with Gasteiger partial charge in [-0.15, -0.1) is 11.3 Å². The van der Waals surface area contributed by atoms with Gasteiger partial charge in [0.25, 0.3) is 5.91 Å². The van der Waals surface area contributed by atoms with Crippen LogP contribution in [0.25, 0.3) is 10.2 Å². The molecule has 3 N–H and O–H groups in total. The van der Waals surface area contributed by atoms with E-state index in [0.717, 1.165) is 10.9 Å². The lowest BCUT2D eigenvalue weighted by Crippen LogP contribution is -2.42. The predicted molar refractivity (Wildman–Crippen MR) is 106 cm³/mol. The minimum Gasteiger partial charge on any atom is -0.497 e. The van der Waals surface area contributed by atoms with Gasteiger partial charge < -0.3 is 15.4 Å². The maximum Gasteiger partial charge on any atom is 0.318 e. The molecule has 0 radical (unpaired) electrons. The zero-order valence-corrected chi connectivity index (χ0v) is 16.2. The fraction of sp³-hybridized carbons (Fsp3) is 0.211. The number of carbonyl (C=O) groups excluding carboxylic acids is 3. The van der Waals surface area contributed by atoms with Crippen LogP contribution in [-0.4, -0.2) is 46.4 Å². The van der Waals surface area contributed by atoms with E-state index in [1.54, 1.807) is 29.3 Å². The number of nitrogens with zero attached hydrogens (tertiary/aromatic N) is 3. The Bertz CT molecular complexity index is 1100. The number of rotatable bonds is 5. The van der Waals surface area contributed by atoms with Crippen LogP contribution in [0.15, 0.2) is 36.8 Å². The molecule has 29 heavy (non-hydrogen) atoms. The summed E-state index contributed by atoms with van der Waals surface area (Å²) < 4.78 is 5.19. The first-order chi connectivity index (χ1) is 14.0. The van der Waals surface area contributed by atoms with Crippen molar-refractivity contribution in [2.24, 2.45) is 5.73 Å². The van der Waals surface area contributed by atoms with Crippen molar-refractivity contribution in [1.82, 2.24) is 20.2 Å². The molecular formula is C19H17N5O4S. The number of thiophene rings is 1. The third kappa shape index (κ3) is 3.61. The van der Waals surface area contributed by atoms with Crippen LogP contribution in [0.3, 0.4) is 0 Å². The van der Waals surface area contributed by atoms with Crippen molar-refractivity contribution in [2.75, 3.05) is 13.7 Å². The Morgan fingerprint density at radius 1 is 1.38 bits per heavy atom. The summed E-state index contributed by atoms with van der Waals surface area (Å²) in [5.74, 6) is -0.957. The summed E-state index contributed by atoms with van der Waals surface area (Å²) in [5, 5.41) is 2.91. The molecule has 1 aliphatic rings. The lowest BCUT2D eigenvalue weighted by Gasteiger charge is -2.22. The van der Waals surface area contributed by atoms with Gasteiger partial charge in [-0.3, -0.25) is 14.9 Å². The van der Waals surface area contributed by atoms with E-state index in [0.29, 0.717) is 27.6 Å². The largest absolute Gasteiger partial charge is 0.497 e. The molecular weight excluding hydrogens is 394 g/mol. The van der Waals surface area contributed by atoms with Gasteiger partial charge >= 0.3 is 6.03 Å². The number of benzene rings is 1. The number of fused-ring (bicyclic) bond motifs is 2. The van der Waals surface area contributed by atoms with Crippen molar-refractivity contribution in [3.05, 3.63) is 52.8 Å². The number of amides is 4. The number of primary amides is 1. The molecule has 4 rings (SSSR count). The Balaban J connectivity index is 1.64. The van der Waals surface area contributed by atoms with E-state index in [9.17, 15) is 14.4 Å². The van der Waals surface area contributed by atoms with Gasteiger partial charge in [0, 0.05) is 35.1 Å². The minimum atomic E-state index is -0.943. The molecule has 0 aliphatic carbocycles. The number of carbonyl (C=O) groups is 3. The summed E-state index contributed by atoms with van der Waals surface area (Å²) in [5.41, 5.74) is 6.53. The van der Waals surface area contributed by atoms with Gasteiger partial charge in [0.05, 0.1) is 13.0 Å². The zero-order chi connectivity index (χ0) is 20.5. The van der Waals surface area contributed by atoms with Crippen LogP contribution in [0.2, 0.25) is 0 Å². The molecule has 1 aromatic carbocycles. The van der Waals surface area contributed by atoms with E-state index < -0.39 is 17.9 Å². The number of urea groups is 1. The normalized spacial score (nSPS) is 14.0. The Hall–Kier alpha value is -3.53. The van der Waals surface area contributed by atoms with Crippen molar-refractivity contribution in [1.29, 1.82) is 0 Å². The Morgan fingerprint density at radius 3 is 2.93 bits per heavy atom. The highest BCUT2D eigenvalue weighted by atomic mass is 32.1. The number of hydrogen-bond donors (Lipinski definition) is 2. The Morgan fingerprint density at radius 2 is 2.21 bits per heavy atom. The lowest BCUT2D eigenvalue weighted by atomic mass is 10.1. The molecule has 10 heteroatoms. The molecule has 0 saturated heterocycles. The number of hydrogen-bond acceptors (Lipinski definition) is 7. The van der Waals surface area contributed by atoms with Crippen LogP contribution in [0.1, 0.15) is 26.7 Å². The molecule has 1 aliphatic heterocycles.